The Balaban J connectivity index is 2.07. The summed E-state index contributed by atoms with van der Waals surface area (Å²) in [6, 6.07) is 1.71. The smallest absolute Gasteiger partial charge is 0.173 e. The molecule has 2 aliphatic rings. The Bertz CT molecular complexity index is 683. The molecule has 0 amide bonds. The van der Waals surface area contributed by atoms with E-state index in [2.05, 4.69) is 19.9 Å². The molecule has 0 fully saturated rings. The fraction of sp³-hybridized carbons (Fsp3) is 0.500. The van der Waals surface area contributed by atoms with E-state index in [-0.39, 0.29) is 17.6 Å². The topological polar surface area (TPSA) is 49.7 Å². The number of hydrogen-bond donors (Lipinski definition) is 2. The minimum Gasteiger partial charge on any atom is -0.507 e. The number of ether oxygens (including phenoxy) is 1. The summed E-state index contributed by atoms with van der Waals surface area (Å²) in [6.45, 7) is 6.29. The van der Waals surface area contributed by atoms with Gasteiger partial charge in [0, 0.05) is 5.56 Å². The molecule has 3 nitrogen and oxygen atoms in total. The van der Waals surface area contributed by atoms with Gasteiger partial charge in [0.25, 0.3) is 0 Å². The van der Waals surface area contributed by atoms with Crippen molar-refractivity contribution in [2.24, 2.45) is 0 Å². The SMILES string of the molecule is CCCCCc1cc(O)c2c(c1O)OC(C)C1=C2C=C(C)CC1. The van der Waals surface area contributed by atoms with Crippen LogP contribution in [0.5, 0.6) is 17.2 Å². The fourth-order valence-corrected chi connectivity index (χ4v) is 3.60. The Kier molecular flexibility index (Phi) is 4.38. The zero-order chi connectivity index (χ0) is 16.6. The van der Waals surface area contributed by atoms with E-state index in [1.54, 1.807) is 6.07 Å². The minimum atomic E-state index is -0.0574. The molecule has 1 atom stereocenters. The summed E-state index contributed by atoms with van der Waals surface area (Å²) in [4.78, 5) is 0. The number of aromatic hydroxyl groups is 2. The van der Waals surface area contributed by atoms with Crippen LogP contribution in [0.15, 0.2) is 23.3 Å². The highest BCUT2D eigenvalue weighted by molar-refractivity contribution is 5.88. The number of unbranched alkanes of at least 4 members (excludes halogenated alkanes) is 2. The van der Waals surface area contributed by atoms with Crippen LogP contribution >= 0.6 is 0 Å². The molecule has 0 saturated carbocycles. The average Bonchev–Trinajstić information content (AvgIpc) is 2.51. The van der Waals surface area contributed by atoms with Gasteiger partial charge in [0.1, 0.15) is 11.9 Å². The zero-order valence-electron chi connectivity index (χ0n) is 14.3. The summed E-state index contributed by atoms with van der Waals surface area (Å²) in [5.74, 6) is 0.868. The van der Waals surface area contributed by atoms with Gasteiger partial charge in [-0.1, -0.05) is 31.4 Å². The van der Waals surface area contributed by atoms with Crippen LogP contribution in [0.25, 0.3) is 5.57 Å². The molecule has 1 aromatic carbocycles. The molecular formula is C20H26O3. The largest absolute Gasteiger partial charge is 0.507 e. The van der Waals surface area contributed by atoms with Crippen LogP contribution in [-0.2, 0) is 6.42 Å². The summed E-state index contributed by atoms with van der Waals surface area (Å²) in [6.07, 6.45) is 8.08. The zero-order valence-corrected chi connectivity index (χ0v) is 14.3. The number of phenolic OH excluding ortho intramolecular Hbond substituents is 2. The van der Waals surface area contributed by atoms with Gasteiger partial charge >= 0.3 is 0 Å². The highest BCUT2D eigenvalue weighted by Gasteiger charge is 2.32. The third-order valence-corrected chi connectivity index (χ3v) is 4.94. The first kappa shape index (κ1) is 16.0. The van der Waals surface area contributed by atoms with Gasteiger partial charge in [-0.3, -0.25) is 0 Å². The summed E-state index contributed by atoms with van der Waals surface area (Å²) < 4.78 is 6.00. The number of fused-ring (bicyclic) bond motifs is 2. The molecule has 1 aliphatic heterocycles. The van der Waals surface area contributed by atoms with Gasteiger partial charge in [-0.25, -0.2) is 0 Å². The van der Waals surface area contributed by atoms with Crippen molar-refractivity contribution in [1.82, 2.24) is 0 Å². The molecule has 1 aromatic rings. The number of rotatable bonds is 4. The molecule has 3 heteroatoms. The van der Waals surface area contributed by atoms with E-state index in [1.807, 2.05) is 6.92 Å². The van der Waals surface area contributed by atoms with Gasteiger partial charge in [-0.05, 0) is 56.7 Å². The van der Waals surface area contributed by atoms with Crippen molar-refractivity contribution in [1.29, 1.82) is 0 Å². The van der Waals surface area contributed by atoms with Crippen LogP contribution in [0.1, 0.15) is 64.0 Å². The maximum atomic E-state index is 10.7. The number of aryl methyl sites for hydroxylation is 1. The highest BCUT2D eigenvalue weighted by Crippen LogP contribution is 2.50. The lowest BCUT2D eigenvalue weighted by molar-refractivity contribution is 0.233. The van der Waals surface area contributed by atoms with E-state index >= 15 is 0 Å². The third-order valence-electron chi connectivity index (χ3n) is 4.94. The van der Waals surface area contributed by atoms with Gasteiger partial charge < -0.3 is 14.9 Å². The van der Waals surface area contributed by atoms with Crippen LogP contribution in [0.2, 0.25) is 0 Å². The van der Waals surface area contributed by atoms with Gasteiger partial charge in [0.15, 0.2) is 11.5 Å². The van der Waals surface area contributed by atoms with E-state index in [1.165, 1.54) is 11.1 Å². The number of benzene rings is 1. The van der Waals surface area contributed by atoms with Crippen molar-refractivity contribution in [3.63, 3.8) is 0 Å². The van der Waals surface area contributed by atoms with Gasteiger partial charge in [0.05, 0.1) is 5.56 Å². The van der Waals surface area contributed by atoms with Crippen LogP contribution in [0.3, 0.4) is 0 Å². The normalized spacial score (nSPS) is 19.8. The fourth-order valence-electron chi connectivity index (χ4n) is 3.60. The maximum Gasteiger partial charge on any atom is 0.173 e. The van der Waals surface area contributed by atoms with Crippen molar-refractivity contribution in [3.05, 3.63) is 34.4 Å². The van der Waals surface area contributed by atoms with E-state index in [9.17, 15) is 10.2 Å². The summed E-state index contributed by atoms with van der Waals surface area (Å²) in [5, 5.41) is 21.2. The second kappa shape index (κ2) is 6.31. The second-order valence-corrected chi connectivity index (χ2v) is 6.75. The van der Waals surface area contributed by atoms with E-state index in [4.69, 9.17) is 4.74 Å². The Labute approximate surface area is 138 Å². The van der Waals surface area contributed by atoms with Gasteiger partial charge in [-0.15, -0.1) is 0 Å². The predicted molar refractivity (Wildman–Crippen MR) is 93.0 cm³/mol. The van der Waals surface area contributed by atoms with E-state index < -0.39 is 0 Å². The highest BCUT2D eigenvalue weighted by atomic mass is 16.5. The standard InChI is InChI=1S/C20H26O3/c1-4-5-6-7-14-11-17(21)18-16-10-12(2)8-9-15(16)13(3)23-20(18)19(14)22/h10-11,13,21-22H,4-9H2,1-3H3. The molecular weight excluding hydrogens is 288 g/mol. The number of hydrogen-bond acceptors (Lipinski definition) is 3. The van der Waals surface area contributed by atoms with Crippen molar-refractivity contribution in [3.8, 4) is 17.2 Å². The summed E-state index contributed by atoms with van der Waals surface area (Å²) in [7, 11) is 0. The van der Waals surface area contributed by atoms with Crippen molar-refractivity contribution in [2.75, 3.05) is 0 Å². The second-order valence-electron chi connectivity index (χ2n) is 6.75. The first-order valence-corrected chi connectivity index (χ1v) is 8.68. The number of allylic oxidation sites excluding steroid dienone is 3. The number of phenols is 2. The van der Waals surface area contributed by atoms with Crippen LogP contribution in [0.4, 0.5) is 0 Å². The molecule has 1 aliphatic carbocycles. The first-order valence-electron chi connectivity index (χ1n) is 8.68. The third kappa shape index (κ3) is 2.85. The van der Waals surface area contributed by atoms with E-state index in [0.717, 1.165) is 49.7 Å². The van der Waals surface area contributed by atoms with Crippen LogP contribution < -0.4 is 4.74 Å². The molecule has 124 valence electrons. The lowest BCUT2D eigenvalue weighted by atomic mass is 9.83. The van der Waals surface area contributed by atoms with Crippen LogP contribution in [-0.4, -0.2) is 16.3 Å². The summed E-state index contributed by atoms with van der Waals surface area (Å²) >= 11 is 0. The first-order chi connectivity index (χ1) is 11.0. The molecule has 1 unspecified atom stereocenters. The van der Waals surface area contributed by atoms with Crippen molar-refractivity contribution >= 4 is 5.57 Å². The predicted octanol–water partition coefficient (Wildman–Crippen LogP) is 5.11. The molecule has 0 aromatic heterocycles. The summed E-state index contributed by atoms with van der Waals surface area (Å²) in [5.41, 5.74) is 5.00. The molecule has 0 bridgehead atoms. The maximum absolute atomic E-state index is 10.7. The Morgan fingerprint density at radius 1 is 1.22 bits per heavy atom. The van der Waals surface area contributed by atoms with Gasteiger partial charge in [-0.2, -0.15) is 0 Å². The molecule has 23 heavy (non-hydrogen) atoms. The van der Waals surface area contributed by atoms with Crippen LogP contribution in [0, 0.1) is 0 Å². The lowest BCUT2D eigenvalue weighted by Crippen LogP contribution is -2.23. The monoisotopic (exact) mass is 314 g/mol. The molecule has 0 radical (unpaired) electrons. The Morgan fingerprint density at radius 2 is 2.00 bits per heavy atom. The molecule has 3 rings (SSSR count). The van der Waals surface area contributed by atoms with Gasteiger partial charge in [0.2, 0.25) is 0 Å². The molecule has 1 heterocycles. The molecule has 0 spiro atoms. The lowest BCUT2D eigenvalue weighted by Gasteiger charge is -2.32. The van der Waals surface area contributed by atoms with Crippen molar-refractivity contribution < 1.29 is 14.9 Å². The van der Waals surface area contributed by atoms with Crippen molar-refractivity contribution in [2.45, 2.75) is 65.4 Å². The minimum absolute atomic E-state index is 0.0574. The molecule has 0 saturated heterocycles. The van der Waals surface area contributed by atoms with E-state index in [0.29, 0.717) is 11.3 Å². The Morgan fingerprint density at radius 3 is 2.74 bits per heavy atom. The average molecular weight is 314 g/mol. The Hall–Kier alpha value is -1.90. The molecule has 2 N–H and O–H groups in total. The quantitative estimate of drug-likeness (QED) is 0.600.